The third-order valence-corrected chi connectivity index (χ3v) is 3.13. The Balaban J connectivity index is 0.00000220. The summed E-state index contributed by atoms with van der Waals surface area (Å²) in [5, 5.41) is 10.5. The van der Waals surface area contributed by atoms with Crippen LogP contribution < -0.4 is 17.1 Å². The van der Waals surface area contributed by atoms with E-state index in [1.54, 1.807) is 18.5 Å². The first-order chi connectivity index (χ1) is 9.36. The summed E-state index contributed by atoms with van der Waals surface area (Å²) in [6.45, 7) is 7.54. The number of benzene rings is 1. The Morgan fingerprint density at radius 3 is 2.48 bits per heavy atom. The molecule has 1 aliphatic heterocycles. The van der Waals surface area contributed by atoms with Crippen molar-refractivity contribution in [2.45, 2.75) is 32.4 Å². The van der Waals surface area contributed by atoms with Crippen LogP contribution >= 0.6 is 0 Å². The maximum absolute atomic E-state index is 10.5. The van der Waals surface area contributed by atoms with Crippen molar-refractivity contribution in [3.63, 3.8) is 0 Å². The molecule has 0 radical (unpaired) electrons. The molecule has 1 heterocycles. The molecule has 0 amide bonds. The minimum atomic E-state index is -0.431. The fourth-order valence-electron chi connectivity index (χ4n) is 1.84. The van der Waals surface area contributed by atoms with E-state index in [2.05, 4.69) is 25.3 Å². The summed E-state index contributed by atoms with van der Waals surface area (Å²) in [7, 11) is 0. The second-order valence-corrected chi connectivity index (χ2v) is 5.75. The largest absolute Gasteiger partial charge is 1.00 e. The predicted molar refractivity (Wildman–Crippen MR) is 74.4 cm³/mol. The van der Waals surface area contributed by atoms with E-state index in [-0.39, 0.29) is 29.7 Å². The third kappa shape index (κ3) is 4.60. The molecule has 0 fully saturated rings. The van der Waals surface area contributed by atoms with E-state index in [1.807, 2.05) is 0 Å². The van der Waals surface area contributed by atoms with Gasteiger partial charge in [-0.1, -0.05) is 0 Å². The van der Waals surface area contributed by atoms with Gasteiger partial charge in [-0.15, -0.1) is 0 Å². The first kappa shape index (κ1) is 17.2. The van der Waals surface area contributed by atoms with E-state index in [0.29, 0.717) is 12.4 Å². The smallest absolute Gasteiger partial charge is 0.324 e. The molecule has 0 saturated carbocycles. The van der Waals surface area contributed by atoms with Crippen molar-refractivity contribution in [2.24, 2.45) is 0 Å². The molecule has 0 aromatic heterocycles. The van der Waals surface area contributed by atoms with Gasteiger partial charge in [0.25, 0.3) is 5.69 Å². The molecule has 0 N–H and O–H groups in total. The number of rotatable bonds is 4. The molecule has 0 bridgehead atoms. The summed E-state index contributed by atoms with van der Waals surface area (Å²) in [6.07, 6.45) is 1.72. The van der Waals surface area contributed by atoms with Crippen LogP contribution in [0.25, 0.3) is 0 Å². The van der Waals surface area contributed by atoms with E-state index in [4.69, 9.17) is 9.47 Å². The first-order valence-corrected chi connectivity index (χ1v) is 6.49. The topological polar surface area (TPSA) is 64.6 Å². The van der Waals surface area contributed by atoms with Gasteiger partial charge in [-0.05, 0) is 32.9 Å². The van der Waals surface area contributed by atoms with Gasteiger partial charge < -0.3 is 21.9 Å². The number of nitro groups is 1. The number of halogens is 1. The summed E-state index contributed by atoms with van der Waals surface area (Å²) < 4.78 is 13.3. The minimum Gasteiger partial charge on any atom is -1.00 e. The SMILES string of the molecule is CC(C)(C)[N+]1=COC(COc2ccc([N+](=O)[O-])cc2)C1.[Cl-]. The van der Waals surface area contributed by atoms with Crippen molar-refractivity contribution in [3.8, 4) is 5.75 Å². The molecule has 0 saturated heterocycles. The highest BCUT2D eigenvalue weighted by Gasteiger charge is 2.33. The maximum Gasteiger partial charge on any atom is 0.324 e. The van der Waals surface area contributed by atoms with E-state index >= 15 is 0 Å². The first-order valence-electron chi connectivity index (χ1n) is 6.49. The van der Waals surface area contributed by atoms with Crippen LogP contribution in [-0.4, -0.2) is 40.7 Å². The fraction of sp³-hybridized carbons (Fsp3) is 0.500. The van der Waals surface area contributed by atoms with E-state index in [1.165, 1.54) is 12.1 Å². The van der Waals surface area contributed by atoms with Gasteiger partial charge in [0.05, 0.1) is 4.92 Å². The van der Waals surface area contributed by atoms with E-state index in [0.717, 1.165) is 6.54 Å². The van der Waals surface area contributed by atoms with Gasteiger partial charge in [0, 0.05) is 12.1 Å². The van der Waals surface area contributed by atoms with Crippen LogP contribution in [0.5, 0.6) is 5.75 Å². The Kier molecular flexibility index (Phi) is 5.54. The molecule has 116 valence electrons. The van der Waals surface area contributed by atoms with Crippen LogP contribution in [-0.2, 0) is 4.74 Å². The lowest BCUT2D eigenvalue weighted by atomic mass is 10.1. The van der Waals surface area contributed by atoms with Crippen LogP contribution in [0, 0.1) is 10.1 Å². The zero-order chi connectivity index (χ0) is 14.8. The maximum atomic E-state index is 10.5. The molecule has 2 rings (SSSR count). The number of nitrogens with zero attached hydrogens (tertiary/aromatic N) is 2. The Morgan fingerprint density at radius 2 is 2.00 bits per heavy atom. The molecule has 1 atom stereocenters. The van der Waals surface area contributed by atoms with Crippen LogP contribution in [0.15, 0.2) is 24.3 Å². The fourth-order valence-corrected chi connectivity index (χ4v) is 1.84. The average molecular weight is 315 g/mol. The van der Waals surface area contributed by atoms with Crippen LogP contribution in [0.2, 0.25) is 0 Å². The lowest BCUT2D eigenvalue weighted by molar-refractivity contribution is -0.587. The highest BCUT2D eigenvalue weighted by atomic mass is 35.5. The van der Waals surface area contributed by atoms with Gasteiger partial charge in [-0.25, -0.2) is 0 Å². The van der Waals surface area contributed by atoms with Gasteiger partial charge >= 0.3 is 6.40 Å². The number of hydrogen-bond donors (Lipinski definition) is 0. The van der Waals surface area contributed by atoms with Gasteiger partial charge in [0.2, 0.25) is 0 Å². The Morgan fingerprint density at radius 1 is 1.38 bits per heavy atom. The molecule has 0 aliphatic carbocycles. The number of non-ortho nitro benzene ring substituents is 1. The molecular formula is C14H19ClN2O4. The molecule has 1 unspecified atom stereocenters. The Bertz CT molecular complexity index is 523. The Hall–Kier alpha value is -1.82. The van der Waals surface area contributed by atoms with Gasteiger partial charge in [0.15, 0.2) is 18.2 Å². The monoisotopic (exact) mass is 314 g/mol. The summed E-state index contributed by atoms with van der Waals surface area (Å²) in [6, 6.07) is 6.05. The van der Waals surface area contributed by atoms with Crippen LogP contribution in [0.1, 0.15) is 20.8 Å². The standard InChI is InChI=1S/C14H19N2O4.ClH/c1-14(2,3)15-8-13(20-10-15)9-19-12-6-4-11(5-7-12)16(17)18;/h4-7,10,13H,8-9H2,1-3H3;1H/q+1;/p-1. The number of hydrogen-bond acceptors (Lipinski definition) is 4. The summed E-state index contributed by atoms with van der Waals surface area (Å²) in [5.74, 6) is 0.605. The number of ether oxygens (including phenoxy) is 2. The molecule has 0 spiro atoms. The van der Waals surface area contributed by atoms with Crippen molar-refractivity contribution < 1.29 is 31.4 Å². The van der Waals surface area contributed by atoms with E-state index < -0.39 is 4.92 Å². The minimum absolute atomic E-state index is 0. The normalized spacial score (nSPS) is 17.5. The lowest BCUT2D eigenvalue weighted by Crippen LogP contribution is -3.00. The van der Waals surface area contributed by atoms with Crippen LogP contribution in [0.3, 0.4) is 0 Å². The molecule has 6 nitrogen and oxygen atoms in total. The van der Waals surface area contributed by atoms with Crippen molar-refractivity contribution in [3.05, 3.63) is 34.4 Å². The Labute approximate surface area is 129 Å². The molecule has 1 aromatic carbocycles. The molecule has 1 aliphatic rings. The quantitative estimate of drug-likeness (QED) is 0.415. The second kappa shape index (κ2) is 6.76. The predicted octanol–water partition coefficient (Wildman–Crippen LogP) is -0.784. The van der Waals surface area contributed by atoms with Crippen molar-refractivity contribution in [1.29, 1.82) is 0 Å². The van der Waals surface area contributed by atoms with Crippen molar-refractivity contribution >= 4 is 12.1 Å². The zero-order valence-corrected chi connectivity index (χ0v) is 13.0. The third-order valence-electron chi connectivity index (χ3n) is 3.13. The van der Waals surface area contributed by atoms with E-state index in [9.17, 15) is 10.1 Å². The highest BCUT2D eigenvalue weighted by molar-refractivity contribution is 5.42. The van der Waals surface area contributed by atoms with Gasteiger partial charge in [0.1, 0.15) is 12.4 Å². The second-order valence-electron chi connectivity index (χ2n) is 5.75. The van der Waals surface area contributed by atoms with Crippen molar-refractivity contribution in [2.75, 3.05) is 13.2 Å². The summed E-state index contributed by atoms with van der Waals surface area (Å²) >= 11 is 0. The van der Waals surface area contributed by atoms with Crippen LogP contribution in [0.4, 0.5) is 5.69 Å². The molecule has 1 aromatic rings. The molecular weight excluding hydrogens is 296 g/mol. The average Bonchev–Trinajstić information content (AvgIpc) is 2.85. The highest BCUT2D eigenvalue weighted by Crippen LogP contribution is 2.18. The van der Waals surface area contributed by atoms with Gasteiger partial charge in [-0.3, -0.25) is 10.1 Å². The summed E-state index contributed by atoms with van der Waals surface area (Å²) in [4.78, 5) is 10.1. The zero-order valence-electron chi connectivity index (χ0n) is 12.3. The lowest BCUT2D eigenvalue weighted by Gasteiger charge is -2.14. The molecule has 7 heteroatoms. The van der Waals surface area contributed by atoms with Gasteiger partial charge in [-0.2, -0.15) is 4.58 Å². The molecule has 21 heavy (non-hydrogen) atoms. The van der Waals surface area contributed by atoms with Crippen molar-refractivity contribution in [1.82, 2.24) is 0 Å². The summed E-state index contributed by atoms with van der Waals surface area (Å²) in [5.41, 5.74) is 0.0870. The number of nitro benzene ring substituents is 1.